The lowest BCUT2D eigenvalue weighted by Gasteiger charge is -2.33. The number of nitrogens with one attached hydrogen (secondary N) is 2. The van der Waals surface area contributed by atoms with E-state index in [1.54, 1.807) is 0 Å². The summed E-state index contributed by atoms with van der Waals surface area (Å²) >= 11 is 1.33. The standard InChI is InChI=1S/C8H10N4O3S/c9-8(10)11-2-3-6(7(14)15)12-4(13)1-5(12)16-3/h5H,1-2H2,(H,14,15)(H4,9,10,11)/t5-/m0/s1. The van der Waals surface area contributed by atoms with Crippen molar-refractivity contribution in [2.24, 2.45) is 5.73 Å². The van der Waals surface area contributed by atoms with Crippen LogP contribution < -0.4 is 11.1 Å². The molecule has 1 atom stereocenters. The topological polar surface area (TPSA) is 120 Å². The largest absolute Gasteiger partial charge is 0.477 e. The van der Waals surface area contributed by atoms with Crippen molar-refractivity contribution < 1.29 is 14.7 Å². The molecule has 5 N–H and O–H groups in total. The zero-order valence-corrected chi connectivity index (χ0v) is 9.00. The molecule has 0 aliphatic carbocycles. The average molecular weight is 242 g/mol. The molecule has 2 aliphatic heterocycles. The summed E-state index contributed by atoms with van der Waals surface area (Å²) in [6, 6.07) is 0. The molecule has 1 amide bonds. The molecule has 7 nitrogen and oxygen atoms in total. The van der Waals surface area contributed by atoms with E-state index in [1.165, 1.54) is 16.7 Å². The third-order valence-corrected chi connectivity index (χ3v) is 3.60. The number of hydrogen-bond acceptors (Lipinski definition) is 4. The van der Waals surface area contributed by atoms with Crippen molar-refractivity contribution in [1.82, 2.24) is 10.2 Å². The van der Waals surface area contributed by atoms with Gasteiger partial charge in [0, 0.05) is 4.91 Å². The monoisotopic (exact) mass is 242 g/mol. The number of nitrogens with two attached hydrogens (primary N) is 1. The molecule has 0 saturated carbocycles. The van der Waals surface area contributed by atoms with E-state index in [-0.39, 0.29) is 29.5 Å². The Kier molecular flexibility index (Phi) is 2.50. The Labute approximate surface area is 95.2 Å². The van der Waals surface area contributed by atoms with Gasteiger partial charge in [0.2, 0.25) is 5.91 Å². The number of nitrogens with zero attached hydrogens (tertiary/aromatic N) is 1. The van der Waals surface area contributed by atoms with Crippen molar-refractivity contribution >= 4 is 29.6 Å². The van der Waals surface area contributed by atoms with E-state index in [1.807, 2.05) is 0 Å². The summed E-state index contributed by atoms with van der Waals surface area (Å²) in [7, 11) is 0. The Morgan fingerprint density at radius 2 is 2.44 bits per heavy atom. The Balaban J connectivity index is 2.18. The van der Waals surface area contributed by atoms with Gasteiger partial charge in [-0.3, -0.25) is 15.1 Å². The molecule has 1 fully saturated rings. The predicted octanol–water partition coefficient (Wildman–Crippen LogP) is -0.929. The van der Waals surface area contributed by atoms with Crippen LogP contribution in [0.5, 0.6) is 0 Å². The summed E-state index contributed by atoms with van der Waals surface area (Å²) in [5.41, 5.74) is 5.13. The highest BCUT2D eigenvalue weighted by Crippen LogP contribution is 2.45. The van der Waals surface area contributed by atoms with Crippen LogP contribution in [0.1, 0.15) is 6.42 Å². The van der Waals surface area contributed by atoms with Crippen LogP contribution >= 0.6 is 11.8 Å². The summed E-state index contributed by atoms with van der Waals surface area (Å²) in [6.45, 7) is 0.169. The highest BCUT2D eigenvalue weighted by atomic mass is 32.2. The number of rotatable bonds is 3. The summed E-state index contributed by atoms with van der Waals surface area (Å²) in [5.74, 6) is -1.52. The summed E-state index contributed by atoms with van der Waals surface area (Å²) in [5, 5.41) is 18.4. The molecular formula is C8H10N4O3S. The van der Waals surface area contributed by atoms with Gasteiger partial charge in [-0.2, -0.15) is 0 Å². The minimum absolute atomic E-state index is 0.0139. The molecule has 0 radical (unpaired) electrons. The number of hydrogen-bond donors (Lipinski definition) is 4. The van der Waals surface area contributed by atoms with Crippen LogP contribution in [0.2, 0.25) is 0 Å². The highest BCUT2D eigenvalue weighted by molar-refractivity contribution is 8.04. The van der Waals surface area contributed by atoms with Gasteiger partial charge in [-0.15, -0.1) is 11.8 Å². The Morgan fingerprint density at radius 3 is 2.94 bits per heavy atom. The molecular weight excluding hydrogens is 232 g/mol. The summed E-state index contributed by atoms with van der Waals surface area (Å²) in [4.78, 5) is 24.1. The van der Waals surface area contributed by atoms with Gasteiger partial charge in [-0.25, -0.2) is 4.79 Å². The molecule has 2 rings (SSSR count). The summed E-state index contributed by atoms with van der Waals surface area (Å²) < 4.78 is 0. The van der Waals surface area contributed by atoms with Gasteiger partial charge in [-0.1, -0.05) is 0 Å². The number of carboxylic acid groups (broad SMARTS) is 1. The van der Waals surface area contributed by atoms with Crippen LogP contribution in [0.25, 0.3) is 0 Å². The van der Waals surface area contributed by atoms with Crippen LogP contribution in [0.4, 0.5) is 0 Å². The molecule has 0 aromatic carbocycles. The fourth-order valence-electron chi connectivity index (χ4n) is 1.63. The number of amides is 1. The van der Waals surface area contributed by atoms with E-state index in [9.17, 15) is 9.59 Å². The third-order valence-electron chi connectivity index (χ3n) is 2.33. The highest BCUT2D eigenvalue weighted by Gasteiger charge is 2.48. The predicted molar refractivity (Wildman–Crippen MR) is 57.4 cm³/mol. The van der Waals surface area contributed by atoms with Crippen LogP contribution in [0, 0.1) is 5.41 Å². The maximum Gasteiger partial charge on any atom is 0.353 e. The number of aliphatic carboxylic acids is 1. The zero-order chi connectivity index (χ0) is 11.9. The molecule has 16 heavy (non-hydrogen) atoms. The first-order valence-corrected chi connectivity index (χ1v) is 5.41. The first-order chi connectivity index (χ1) is 7.50. The lowest BCUT2D eigenvalue weighted by Crippen LogP contribution is -2.48. The number of carbonyl (C=O) groups is 2. The third kappa shape index (κ3) is 1.60. The molecule has 0 unspecified atom stereocenters. The molecule has 8 heteroatoms. The van der Waals surface area contributed by atoms with Crippen LogP contribution in [-0.4, -0.2) is 39.8 Å². The Bertz CT molecular complexity index is 420. The number of guanidine groups is 1. The van der Waals surface area contributed by atoms with Crippen molar-refractivity contribution in [3.63, 3.8) is 0 Å². The van der Waals surface area contributed by atoms with Crippen molar-refractivity contribution in [3.8, 4) is 0 Å². The molecule has 0 aromatic rings. The van der Waals surface area contributed by atoms with Crippen molar-refractivity contribution in [2.75, 3.05) is 6.54 Å². The van der Waals surface area contributed by atoms with E-state index in [2.05, 4.69) is 5.32 Å². The molecule has 0 bridgehead atoms. The van der Waals surface area contributed by atoms with E-state index in [0.29, 0.717) is 11.3 Å². The molecule has 0 aromatic heterocycles. The number of carbonyl (C=O) groups excluding carboxylic acids is 1. The minimum Gasteiger partial charge on any atom is -0.477 e. The van der Waals surface area contributed by atoms with E-state index >= 15 is 0 Å². The van der Waals surface area contributed by atoms with Crippen LogP contribution in [0.3, 0.4) is 0 Å². The SMILES string of the molecule is N=C(N)NCC1=C(C(=O)O)N2C(=O)C[C@@H]2S1. The maximum atomic E-state index is 11.2. The van der Waals surface area contributed by atoms with Gasteiger partial charge in [0.25, 0.3) is 0 Å². The maximum absolute atomic E-state index is 11.2. The van der Waals surface area contributed by atoms with Crippen molar-refractivity contribution in [1.29, 1.82) is 5.41 Å². The second-order valence-electron chi connectivity index (χ2n) is 3.38. The Morgan fingerprint density at radius 1 is 1.75 bits per heavy atom. The Hall–Kier alpha value is -1.70. The van der Waals surface area contributed by atoms with Gasteiger partial charge >= 0.3 is 5.97 Å². The van der Waals surface area contributed by atoms with E-state index < -0.39 is 5.97 Å². The zero-order valence-electron chi connectivity index (χ0n) is 8.19. The molecule has 2 aliphatic rings. The quantitative estimate of drug-likeness (QED) is 0.288. The van der Waals surface area contributed by atoms with E-state index in [4.69, 9.17) is 16.2 Å². The lowest BCUT2D eigenvalue weighted by atomic mass is 10.1. The normalized spacial score (nSPS) is 22.9. The van der Waals surface area contributed by atoms with E-state index in [0.717, 1.165) is 0 Å². The minimum atomic E-state index is -1.12. The van der Waals surface area contributed by atoms with Gasteiger partial charge < -0.3 is 16.2 Å². The molecule has 1 saturated heterocycles. The molecule has 86 valence electrons. The van der Waals surface area contributed by atoms with Gasteiger partial charge in [0.15, 0.2) is 5.96 Å². The molecule has 0 spiro atoms. The fraction of sp³-hybridized carbons (Fsp3) is 0.375. The number of carboxylic acids is 1. The smallest absolute Gasteiger partial charge is 0.353 e. The number of fused-ring (bicyclic) bond motifs is 1. The van der Waals surface area contributed by atoms with Crippen LogP contribution in [-0.2, 0) is 9.59 Å². The van der Waals surface area contributed by atoms with Crippen molar-refractivity contribution in [2.45, 2.75) is 11.8 Å². The summed E-state index contributed by atoms with van der Waals surface area (Å²) in [6.07, 6.45) is 0.366. The van der Waals surface area contributed by atoms with Gasteiger partial charge in [-0.05, 0) is 0 Å². The van der Waals surface area contributed by atoms with Crippen molar-refractivity contribution in [3.05, 3.63) is 10.6 Å². The second-order valence-corrected chi connectivity index (χ2v) is 4.66. The fourth-order valence-corrected chi connectivity index (χ4v) is 2.96. The van der Waals surface area contributed by atoms with Gasteiger partial charge in [0.1, 0.15) is 5.70 Å². The first-order valence-electron chi connectivity index (χ1n) is 4.53. The number of thioether (sulfide) groups is 1. The molecule has 2 heterocycles. The van der Waals surface area contributed by atoms with Crippen LogP contribution in [0.15, 0.2) is 10.6 Å². The second kappa shape index (κ2) is 3.71. The lowest BCUT2D eigenvalue weighted by molar-refractivity contribution is -0.145. The average Bonchev–Trinajstić information content (AvgIpc) is 2.47. The first kappa shape index (κ1) is 10.8. The van der Waals surface area contributed by atoms with Gasteiger partial charge in [0.05, 0.1) is 18.3 Å². The number of β-lactam (4-membered cyclic amide) rings is 1.